The first-order chi connectivity index (χ1) is 9.70. The van der Waals surface area contributed by atoms with Crippen LogP contribution in [0.4, 0.5) is 0 Å². The first-order valence-corrected chi connectivity index (χ1v) is 6.97. The van der Waals surface area contributed by atoms with E-state index in [0.29, 0.717) is 25.3 Å². The Morgan fingerprint density at radius 1 is 1.35 bits per heavy atom. The number of para-hydroxylation sites is 1. The van der Waals surface area contributed by atoms with Gasteiger partial charge in [0.15, 0.2) is 11.5 Å². The molecule has 0 aliphatic carbocycles. The zero-order valence-electron chi connectivity index (χ0n) is 12.0. The van der Waals surface area contributed by atoms with E-state index >= 15 is 0 Å². The van der Waals surface area contributed by atoms with E-state index in [0.717, 1.165) is 29.6 Å². The average Bonchev–Trinajstić information content (AvgIpc) is 2.83. The molecule has 2 rings (SSSR count). The number of oxazole rings is 1. The summed E-state index contributed by atoms with van der Waals surface area (Å²) >= 11 is 0. The summed E-state index contributed by atoms with van der Waals surface area (Å²) in [5.41, 5.74) is 2.82. The van der Waals surface area contributed by atoms with Gasteiger partial charge in [-0.1, -0.05) is 12.1 Å². The molecule has 20 heavy (non-hydrogen) atoms. The summed E-state index contributed by atoms with van der Waals surface area (Å²) in [6.07, 6.45) is 2.02. The van der Waals surface area contributed by atoms with E-state index in [4.69, 9.17) is 4.42 Å². The lowest BCUT2D eigenvalue weighted by Crippen LogP contribution is -2.26. The van der Waals surface area contributed by atoms with Gasteiger partial charge in [-0.25, -0.2) is 4.98 Å². The van der Waals surface area contributed by atoms with Crippen molar-refractivity contribution in [3.05, 3.63) is 29.7 Å². The number of aromatic nitrogens is 1. The summed E-state index contributed by atoms with van der Waals surface area (Å²) in [5.74, 6) is 0.748. The van der Waals surface area contributed by atoms with E-state index in [9.17, 15) is 4.79 Å². The van der Waals surface area contributed by atoms with Gasteiger partial charge in [0, 0.05) is 19.4 Å². The van der Waals surface area contributed by atoms with Gasteiger partial charge in [0.1, 0.15) is 5.52 Å². The highest BCUT2D eigenvalue weighted by molar-refractivity contribution is 5.76. The summed E-state index contributed by atoms with van der Waals surface area (Å²) in [6, 6.07) is 5.88. The molecule has 5 nitrogen and oxygen atoms in total. The Kier molecular flexibility index (Phi) is 5.12. The molecule has 1 amide bonds. The standard InChI is InChI=1S/C15H21N3O2/c1-11-5-3-6-12-15(11)18-14(20-12)8-10-17-13(19)7-4-9-16-2/h3,5-6,16H,4,7-10H2,1-2H3,(H,17,19). The van der Waals surface area contributed by atoms with Crippen LogP contribution >= 0.6 is 0 Å². The number of benzene rings is 1. The number of hydrogen-bond acceptors (Lipinski definition) is 4. The summed E-state index contributed by atoms with van der Waals surface area (Å²) in [4.78, 5) is 16.0. The Labute approximate surface area is 118 Å². The maximum absolute atomic E-state index is 11.5. The van der Waals surface area contributed by atoms with Crippen molar-refractivity contribution in [1.82, 2.24) is 15.6 Å². The lowest BCUT2D eigenvalue weighted by Gasteiger charge is -2.03. The van der Waals surface area contributed by atoms with Crippen molar-refractivity contribution in [3.63, 3.8) is 0 Å². The van der Waals surface area contributed by atoms with E-state index in [2.05, 4.69) is 15.6 Å². The molecule has 0 fully saturated rings. The van der Waals surface area contributed by atoms with E-state index in [-0.39, 0.29) is 5.91 Å². The van der Waals surface area contributed by atoms with Gasteiger partial charge in [0.05, 0.1) is 0 Å². The van der Waals surface area contributed by atoms with Crippen molar-refractivity contribution in [1.29, 1.82) is 0 Å². The van der Waals surface area contributed by atoms with Crippen molar-refractivity contribution in [3.8, 4) is 0 Å². The number of nitrogens with zero attached hydrogens (tertiary/aromatic N) is 1. The molecule has 1 aromatic heterocycles. The Hall–Kier alpha value is -1.88. The lowest BCUT2D eigenvalue weighted by atomic mass is 10.2. The van der Waals surface area contributed by atoms with Crippen LogP contribution in [0.25, 0.3) is 11.1 Å². The molecule has 0 radical (unpaired) electrons. The zero-order chi connectivity index (χ0) is 14.4. The fraction of sp³-hybridized carbons (Fsp3) is 0.467. The number of rotatable bonds is 7. The smallest absolute Gasteiger partial charge is 0.220 e. The van der Waals surface area contributed by atoms with Gasteiger partial charge in [-0.2, -0.15) is 0 Å². The molecule has 0 saturated carbocycles. The fourth-order valence-electron chi connectivity index (χ4n) is 2.06. The predicted molar refractivity (Wildman–Crippen MR) is 78.6 cm³/mol. The fourth-order valence-corrected chi connectivity index (χ4v) is 2.06. The summed E-state index contributed by atoms with van der Waals surface area (Å²) in [7, 11) is 1.88. The topological polar surface area (TPSA) is 67.2 Å². The van der Waals surface area contributed by atoms with E-state index in [1.807, 2.05) is 32.2 Å². The predicted octanol–water partition coefficient (Wildman–Crippen LogP) is 1.79. The molecule has 0 saturated heterocycles. The molecule has 2 aromatic rings. The minimum absolute atomic E-state index is 0.0764. The first-order valence-electron chi connectivity index (χ1n) is 6.97. The number of carbonyl (C=O) groups is 1. The number of fused-ring (bicyclic) bond motifs is 1. The van der Waals surface area contributed by atoms with Crippen LogP contribution in [0.5, 0.6) is 0 Å². The van der Waals surface area contributed by atoms with Crippen LogP contribution in [-0.4, -0.2) is 31.0 Å². The molecule has 0 aliphatic heterocycles. The molecular weight excluding hydrogens is 254 g/mol. The molecule has 0 unspecified atom stereocenters. The summed E-state index contributed by atoms with van der Waals surface area (Å²) < 4.78 is 5.66. The van der Waals surface area contributed by atoms with Crippen molar-refractivity contribution in [2.45, 2.75) is 26.2 Å². The van der Waals surface area contributed by atoms with Crippen LogP contribution in [-0.2, 0) is 11.2 Å². The quantitative estimate of drug-likeness (QED) is 0.756. The number of nitrogens with one attached hydrogen (secondary N) is 2. The maximum atomic E-state index is 11.5. The van der Waals surface area contributed by atoms with Gasteiger partial charge in [-0.05, 0) is 38.6 Å². The normalized spacial score (nSPS) is 10.9. The van der Waals surface area contributed by atoms with Gasteiger partial charge >= 0.3 is 0 Å². The third-order valence-corrected chi connectivity index (χ3v) is 3.16. The van der Waals surface area contributed by atoms with Gasteiger partial charge in [0.25, 0.3) is 0 Å². The Morgan fingerprint density at radius 3 is 2.95 bits per heavy atom. The van der Waals surface area contributed by atoms with Gasteiger partial charge in [-0.15, -0.1) is 0 Å². The Balaban J connectivity index is 1.81. The number of hydrogen-bond donors (Lipinski definition) is 2. The van der Waals surface area contributed by atoms with E-state index < -0.39 is 0 Å². The van der Waals surface area contributed by atoms with E-state index in [1.54, 1.807) is 0 Å². The number of carbonyl (C=O) groups excluding carboxylic acids is 1. The molecule has 0 atom stereocenters. The molecular formula is C15H21N3O2. The summed E-state index contributed by atoms with van der Waals surface area (Å²) in [6.45, 7) is 3.43. The largest absolute Gasteiger partial charge is 0.441 e. The first kappa shape index (κ1) is 14.5. The second kappa shape index (κ2) is 7.05. The Morgan fingerprint density at radius 2 is 2.20 bits per heavy atom. The molecule has 1 heterocycles. The second-order valence-corrected chi connectivity index (χ2v) is 4.84. The minimum atomic E-state index is 0.0764. The van der Waals surface area contributed by atoms with Gasteiger partial charge < -0.3 is 15.1 Å². The van der Waals surface area contributed by atoms with Crippen molar-refractivity contribution in [2.75, 3.05) is 20.1 Å². The van der Waals surface area contributed by atoms with Crippen LogP contribution in [0.2, 0.25) is 0 Å². The maximum Gasteiger partial charge on any atom is 0.220 e. The van der Waals surface area contributed by atoms with Crippen molar-refractivity contribution >= 4 is 17.0 Å². The number of aryl methyl sites for hydroxylation is 1. The highest BCUT2D eigenvalue weighted by atomic mass is 16.3. The minimum Gasteiger partial charge on any atom is -0.441 e. The summed E-state index contributed by atoms with van der Waals surface area (Å²) in [5, 5.41) is 5.90. The zero-order valence-corrected chi connectivity index (χ0v) is 12.0. The molecule has 0 aliphatic rings. The molecule has 1 aromatic carbocycles. The lowest BCUT2D eigenvalue weighted by molar-refractivity contribution is -0.121. The molecule has 0 spiro atoms. The SMILES string of the molecule is CNCCCC(=O)NCCc1nc2c(C)cccc2o1. The van der Waals surface area contributed by atoms with Crippen molar-refractivity contribution in [2.24, 2.45) is 0 Å². The van der Waals surface area contributed by atoms with Crippen LogP contribution in [0.15, 0.2) is 22.6 Å². The molecule has 5 heteroatoms. The molecule has 0 bridgehead atoms. The van der Waals surface area contributed by atoms with Gasteiger partial charge in [0.2, 0.25) is 5.91 Å². The van der Waals surface area contributed by atoms with Crippen LogP contribution < -0.4 is 10.6 Å². The third kappa shape index (κ3) is 3.81. The van der Waals surface area contributed by atoms with Gasteiger partial charge in [-0.3, -0.25) is 4.79 Å². The van der Waals surface area contributed by atoms with E-state index in [1.165, 1.54) is 0 Å². The Bertz CT molecular complexity index is 578. The molecule has 2 N–H and O–H groups in total. The second-order valence-electron chi connectivity index (χ2n) is 4.84. The highest BCUT2D eigenvalue weighted by Gasteiger charge is 2.08. The monoisotopic (exact) mass is 275 g/mol. The van der Waals surface area contributed by atoms with Crippen LogP contribution in [0.1, 0.15) is 24.3 Å². The third-order valence-electron chi connectivity index (χ3n) is 3.16. The average molecular weight is 275 g/mol. The molecule has 108 valence electrons. The van der Waals surface area contributed by atoms with Crippen molar-refractivity contribution < 1.29 is 9.21 Å². The number of amides is 1. The van der Waals surface area contributed by atoms with Crippen LogP contribution in [0.3, 0.4) is 0 Å². The van der Waals surface area contributed by atoms with Crippen LogP contribution in [0, 0.1) is 6.92 Å². The highest BCUT2D eigenvalue weighted by Crippen LogP contribution is 2.18.